The second kappa shape index (κ2) is 8.75. The van der Waals surface area contributed by atoms with Crippen LogP contribution in [0.3, 0.4) is 0 Å². The monoisotopic (exact) mass is 308 g/mol. The Kier molecular flexibility index (Phi) is 8.59. The number of halogens is 3. The molecule has 0 aromatic heterocycles. The zero-order valence-electron chi connectivity index (χ0n) is 11.5. The average Bonchev–Trinajstić information content (AvgIpc) is 2.36. The largest absolute Gasteiger partial charge is 0.314 e. The molecule has 2 nitrogen and oxygen atoms in total. The smallest absolute Gasteiger partial charge is 0.109 e. The highest BCUT2D eigenvalue weighted by Crippen LogP contribution is 2.23. The summed E-state index contributed by atoms with van der Waals surface area (Å²) in [4.78, 5) is 2.24. The van der Waals surface area contributed by atoms with Gasteiger partial charge in [0.25, 0.3) is 0 Å². The van der Waals surface area contributed by atoms with Crippen LogP contribution in [-0.4, -0.2) is 37.8 Å². The predicted molar refractivity (Wildman–Crippen MR) is 83.6 cm³/mol. The van der Waals surface area contributed by atoms with Crippen molar-refractivity contribution in [3.8, 4) is 0 Å². The molecule has 1 atom stereocenters. The van der Waals surface area contributed by atoms with Crippen LogP contribution in [0.2, 0.25) is 0 Å². The molecule has 1 N–H and O–H groups in total. The van der Waals surface area contributed by atoms with Crippen molar-refractivity contribution in [3.05, 3.63) is 34.9 Å². The van der Waals surface area contributed by atoms with Gasteiger partial charge in [-0.3, -0.25) is 4.90 Å². The Morgan fingerprint density at radius 3 is 2.32 bits per heavy atom. The first-order valence-electron chi connectivity index (χ1n) is 6.30. The zero-order valence-corrected chi connectivity index (χ0v) is 13.1. The molecule has 0 bridgehead atoms. The molecule has 1 fully saturated rings. The molecule has 0 amide bonds. The number of hydrogen-bond donors (Lipinski definition) is 1. The molecule has 0 saturated carbocycles. The van der Waals surface area contributed by atoms with E-state index in [1.165, 1.54) is 11.1 Å². The van der Waals surface area contributed by atoms with Crippen LogP contribution in [-0.2, 0) is 0 Å². The highest BCUT2D eigenvalue weighted by molar-refractivity contribution is 5.85. The predicted octanol–water partition coefficient (Wildman–Crippen LogP) is 3.06. The minimum atomic E-state index is -0.303. The molecule has 1 saturated heterocycles. The summed E-state index contributed by atoms with van der Waals surface area (Å²) in [7, 11) is 0. The van der Waals surface area contributed by atoms with Crippen LogP contribution in [0, 0.1) is 13.8 Å². The average molecular weight is 309 g/mol. The van der Waals surface area contributed by atoms with Gasteiger partial charge in [0.05, 0.1) is 6.04 Å². The van der Waals surface area contributed by atoms with Gasteiger partial charge in [0.15, 0.2) is 0 Å². The van der Waals surface area contributed by atoms with Gasteiger partial charge in [-0.15, -0.1) is 24.8 Å². The van der Waals surface area contributed by atoms with E-state index in [0.717, 1.165) is 31.7 Å². The highest BCUT2D eigenvalue weighted by Gasteiger charge is 2.22. The maximum atomic E-state index is 13.3. The minimum Gasteiger partial charge on any atom is -0.314 e. The van der Waals surface area contributed by atoms with Crippen molar-refractivity contribution in [2.45, 2.75) is 19.9 Å². The molecule has 0 unspecified atom stereocenters. The fourth-order valence-electron chi connectivity index (χ4n) is 2.36. The van der Waals surface area contributed by atoms with E-state index in [1.54, 1.807) is 0 Å². The Morgan fingerprint density at radius 1 is 1.16 bits per heavy atom. The van der Waals surface area contributed by atoms with Crippen molar-refractivity contribution < 1.29 is 4.39 Å². The van der Waals surface area contributed by atoms with Gasteiger partial charge in [-0.05, 0) is 30.5 Å². The fraction of sp³-hybridized carbons (Fsp3) is 0.571. The highest BCUT2D eigenvalue weighted by atomic mass is 35.5. The molecule has 1 aliphatic rings. The molecule has 0 aliphatic carbocycles. The lowest BCUT2D eigenvalue weighted by molar-refractivity contribution is 0.147. The number of rotatable bonds is 3. The topological polar surface area (TPSA) is 15.3 Å². The van der Waals surface area contributed by atoms with Crippen LogP contribution in [0.15, 0.2) is 18.2 Å². The Morgan fingerprint density at radius 2 is 1.79 bits per heavy atom. The number of benzene rings is 1. The lowest BCUT2D eigenvalue weighted by Crippen LogP contribution is -2.45. The second-order valence-corrected chi connectivity index (χ2v) is 4.80. The summed E-state index contributed by atoms with van der Waals surface area (Å²) in [5.74, 6) is 0. The third kappa shape index (κ3) is 4.60. The maximum Gasteiger partial charge on any atom is 0.109 e. The van der Waals surface area contributed by atoms with E-state index in [9.17, 15) is 4.39 Å². The molecule has 1 aromatic rings. The van der Waals surface area contributed by atoms with E-state index in [-0.39, 0.29) is 37.5 Å². The number of nitrogens with one attached hydrogen (secondary N) is 1. The van der Waals surface area contributed by atoms with E-state index < -0.39 is 0 Å². The Hall–Kier alpha value is -0.350. The normalized spacial score (nSPS) is 17.2. The summed E-state index contributed by atoms with van der Waals surface area (Å²) in [5.41, 5.74) is 3.63. The molecular formula is C14H23Cl2FN2. The zero-order chi connectivity index (χ0) is 12.3. The van der Waals surface area contributed by atoms with Gasteiger partial charge < -0.3 is 5.32 Å². The molecule has 2 rings (SSSR count). The summed E-state index contributed by atoms with van der Waals surface area (Å²) in [6.45, 7) is 7.66. The van der Waals surface area contributed by atoms with Crippen molar-refractivity contribution in [1.29, 1.82) is 0 Å². The standard InChI is InChI=1S/C14H21FN2.2ClH/c1-11-3-4-13(9-12(11)2)14(10-15)17-7-5-16-6-8-17;;/h3-4,9,14,16H,5-8,10H2,1-2H3;2*1H/t14-;;/m1../s1. The first kappa shape index (κ1) is 18.7. The summed E-state index contributed by atoms with van der Waals surface area (Å²) in [6.07, 6.45) is 0. The van der Waals surface area contributed by atoms with Crippen molar-refractivity contribution in [3.63, 3.8) is 0 Å². The van der Waals surface area contributed by atoms with Crippen LogP contribution >= 0.6 is 24.8 Å². The van der Waals surface area contributed by atoms with Gasteiger partial charge >= 0.3 is 0 Å². The molecule has 19 heavy (non-hydrogen) atoms. The lowest BCUT2D eigenvalue weighted by atomic mass is 10.0. The van der Waals surface area contributed by atoms with Crippen molar-refractivity contribution in [2.75, 3.05) is 32.9 Å². The number of alkyl halides is 1. The first-order chi connectivity index (χ1) is 8.22. The first-order valence-corrected chi connectivity index (χ1v) is 6.30. The van der Waals surface area contributed by atoms with Gasteiger partial charge in [-0.2, -0.15) is 0 Å². The molecule has 0 radical (unpaired) electrons. The SMILES string of the molecule is Cc1ccc([C@@H](CF)N2CCNCC2)cc1C.Cl.Cl. The Bertz CT molecular complexity index is 382. The van der Waals surface area contributed by atoms with Crippen LogP contribution in [0.1, 0.15) is 22.7 Å². The van der Waals surface area contributed by atoms with Crippen molar-refractivity contribution in [1.82, 2.24) is 10.2 Å². The molecule has 1 heterocycles. The Labute approximate surface area is 127 Å². The number of hydrogen-bond acceptors (Lipinski definition) is 2. The third-order valence-electron chi connectivity index (χ3n) is 3.65. The quantitative estimate of drug-likeness (QED) is 0.923. The van der Waals surface area contributed by atoms with Gasteiger partial charge in [-0.1, -0.05) is 18.2 Å². The summed E-state index contributed by atoms with van der Waals surface area (Å²) in [6, 6.07) is 6.21. The van der Waals surface area contributed by atoms with Crippen LogP contribution < -0.4 is 5.32 Å². The van der Waals surface area contributed by atoms with E-state index in [2.05, 4.69) is 42.3 Å². The fourth-order valence-corrected chi connectivity index (χ4v) is 2.36. The second-order valence-electron chi connectivity index (χ2n) is 4.80. The molecular weight excluding hydrogens is 286 g/mol. The lowest BCUT2D eigenvalue weighted by Gasteiger charge is -2.33. The van der Waals surface area contributed by atoms with Crippen LogP contribution in [0.25, 0.3) is 0 Å². The van der Waals surface area contributed by atoms with Gasteiger partial charge in [-0.25, -0.2) is 4.39 Å². The molecule has 5 heteroatoms. The van der Waals surface area contributed by atoms with Crippen LogP contribution in [0.4, 0.5) is 4.39 Å². The molecule has 1 aliphatic heterocycles. The van der Waals surface area contributed by atoms with E-state index in [1.807, 2.05) is 0 Å². The molecule has 1 aromatic carbocycles. The number of aryl methyl sites for hydroxylation is 2. The third-order valence-corrected chi connectivity index (χ3v) is 3.65. The van der Waals surface area contributed by atoms with E-state index in [4.69, 9.17) is 0 Å². The number of piperazine rings is 1. The van der Waals surface area contributed by atoms with Gasteiger partial charge in [0, 0.05) is 26.2 Å². The molecule has 110 valence electrons. The van der Waals surface area contributed by atoms with Gasteiger partial charge in [0.1, 0.15) is 6.67 Å². The van der Waals surface area contributed by atoms with Crippen molar-refractivity contribution >= 4 is 24.8 Å². The van der Waals surface area contributed by atoms with Crippen LogP contribution in [0.5, 0.6) is 0 Å². The summed E-state index contributed by atoms with van der Waals surface area (Å²) < 4.78 is 13.3. The van der Waals surface area contributed by atoms with E-state index >= 15 is 0 Å². The summed E-state index contributed by atoms with van der Waals surface area (Å²) in [5, 5.41) is 3.30. The minimum absolute atomic E-state index is 0. The van der Waals surface area contributed by atoms with Gasteiger partial charge in [0.2, 0.25) is 0 Å². The number of nitrogens with zero attached hydrogens (tertiary/aromatic N) is 1. The maximum absolute atomic E-state index is 13.3. The van der Waals surface area contributed by atoms with Crippen molar-refractivity contribution in [2.24, 2.45) is 0 Å². The van der Waals surface area contributed by atoms with E-state index in [0.29, 0.717) is 0 Å². The summed E-state index contributed by atoms with van der Waals surface area (Å²) >= 11 is 0. The molecule has 0 spiro atoms. The Balaban J connectivity index is 0.00000162.